The standard InChI is InChI=1S/C9H14F3NO3S/c1-6-2-4-7(5-3-6)17(15,16)13-8(14)9(10,11)12/h6-7H,2-5H2,1H3,(H,13,14). The summed E-state index contributed by atoms with van der Waals surface area (Å²) in [6.45, 7) is 1.96. The molecule has 8 heteroatoms. The van der Waals surface area contributed by atoms with Crippen molar-refractivity contribution in [2.75, 3.05) is 0 Å². The number of sulfonamides is 1. The SMILES string of the molecule is CC1CCC(S(=O)(=O)NC(=O)C(F)(F)F)CC1. The van der Waals surface area contributed by atoms with Crippen LogP contribution in [0, 0.1) is 5.92 Å². The van der Waals surface area contributed by atoms with Gasteiger partial charge in [-0.25, -0.2) is 13.1 Å². The summed E-state index contributed by atoms with van der Waals surface area (Å²) < 4.78 is 59.9. The lowest BCUT2D eigenvalue weighted by molar-refractivity contribution is -0.171. The fourth-order valence-electron chi connectivity index (χ4n) is 1.81. The van der Waals surface area contributed by atoms with E-state index in [-0.39, 0.29) is 0 Å². The second-order valence-electron chi connectivity index (χ2n) is 4.36. The van der Waals surface area contributed by atoms with Crippen LogP contribution >= 0.6 is 0 Å². The first kappa shape index (κ1) is 14.3. The van der Waals surface area contributed by atoms with Crippen LogP contribution in [0.15, 0.2) is 0 Å². The molecule has 4 nitrogen and oxygen atoms in total. The third kappa shape index (κ3) is 3.86. The van der Waals surface area contributed by atoms with Gasteiger partial charge in [0.15, 0.2) is 0 Å². The van der Waals surface area contributed by atoms with Crippen molar-refractivity contribution in [3.63, 3.8) is 0 Å². The van der Waals surface area contributed by atoms with E-state index in [1.54, 1.807) is 0 Å². The van der Waals surface area contributed by atoms with Crippen LogP contribution in [0.1, 0.15) is 32.6 Å². The lowest BCUT2D eigenvalue weighted by atomic mass is 9.91. The monoisotopic (exact) mass is 273 g/mol. The van der Waals surface area contributed by atoms with Gasteiger partial charge in [-0.15, -0.1) is 0 Å². The summed E-state index contributed by atoms with van der Waals surface area (Å²) in [6.07, 6.45) is -3.30. The van der Waals surface area contributed by atoms with Crippen LogP contribution in [-0.4, -0.2) is 25.8 Å². The summed E-state index contributed by atoms with van der Waals surface area (Å²) in [7, 11) is -4.21. The second-order valence-corrected chi connectivity index (χ2v) is 6.32. The number of alkyl halides is 3. The lowest BCUT2D eigenvalue weighted by Crippen LogP contribution is -2.45. The number of carbonyl (C=O) groups is 1. The molecule has 0 atom stereocenters. The fraction of sp³-hybridized carbons (Fsp3) is 0.889. The summed E-state index contributed by atoms with van der Waals surface area (Å²) >= 11 is 0. The Morgan fingerprint density at radius 1 is 1.18 bits per heavy atom. The lowest BCUT2D eigenvalue weighted by Gasteiger charge is -2.26. The number of amides is 1. The van der Waals surface area contributed by atoms with Crippen molar-refractivity contribution in [1.82, 2.24) is 4.72 Å². The van der Waals surface area contributed by atoms with Gasteiger partial charge >= 0.3 is 12.1 Å². The summed E-state index contributed by atoms with van der Waals surface area (Å²) in [6, 6.07) is 0. The third-order valence-corrected chi connectivity index (χ3v) is 4.71. The van der Waals surface area contributed by atoms with Crippen LogP contribution in [-0.2, 0) is 14.8 Å². The maximum Gasteiger partial charge on any atom is 0.472 e. The minimum atomic E-state index is -5.17. The molecule has 0 aromatic heterocycles. The van der Waals surface area contributed by atoms with Gasteiger partial charge in [-0.05, 0) is 31.6 Å². The van der Waals surface area contributed by atoms with Gasteiger partial charge in [0.05, 0.1) is 5.25 Å². The Bertz CT molecular complexity index is 383. The highest BCUT2D eigenvalue weighted by molar-refractivity contribution is 7.90. The van der Waals surface area contributed by atoms with Crippen LogP contribution in [0.25, 0.3) is 0 Å². The van der Waals surface area contributed by atoms with Crippen molar-refractivity contribution >= 4 is 15.9 Å². The first-order valence-electron chi connectivity index (χ1n) is 5.25. The minimum absolute atomic E-state index is 0.293. The van der Waals surface area contributed by atoms with Crippen molar-refractivity contribution in [3.05, 3.63) is 0 Å². The van der Waals surface area contributed by atoms with Gasteiger partial charge < -0.3 is 0 Å². The van der Waals surface area contributed by atoms with Gasteiger partial charge in [0.1, 0.15) is 0 Å². The number of hydrogen-bond acceptors (Lipinski definition) is 3. The summed E-state index contributed by atoms with van der Waals surface area (Å²) in [5.41, 5.74) is 0. The van der Waals surface area contributed by atoms with Crippen molar-refractivity contribution in [1.29, 1.82) is 0 Å². The van der Waals surface area contributed by atoms with E-state index in [1.807, 2.05) is 6.92 Å². The van der Waals surface area contributed by atoms with E-state index in [2.05, 4.69) is 0 Å². The Morgan fingerprint density at radius 2 is 1.65 bits per heavy atom. The summed E-state index contributed by atoms with van der Waals surface area (Å²) in [4.78, 5) is 10.6. The highest BCUT2D eigenvalue weighted by atomic mass is 32.2. The Kier molecular flexibility index (Phi) is 4.06. The van der Waals surface area contributed by atoms with Crippen LogP contribution in [0.2, 0.25) is 0 Å². The highest BCUT2D eigenvalue weighted by Crippen LogP contribution is 2.28. The Balaban J connectivity index is 2.67. The Morgan fingerprint density at radius 3 is 2.06 bits per heavy atom. The number of hydrogen-bond donors (Lipinski definition) is 1. The van der Waals surface area contributed by atoms with Crippen molar-refractivity contribution in [2.24, 2.45) is 5.92 Å². The zero-order valence-corrected chi connectivity index (χ0v) is 10.1. The van der Waals surface area contributed by atoms with Crippen molar-refractivity contribution in [3.8, 4) is 0 Å². The molecule has 100 valence electrons. The van der Waals surface area contributed by atoms with Gasteiger partial charge in [-0.3, -0.25) is 4.79 Å². The number of carbonyl (C=O) groups excluding carboxylic acids is 1. The van der Waals surface area contributed by atoms with Crippen LogP contribution in [0.5, 0.6) is 0 Å². The molecule has 0 bridgehead atoms. The molecule has 0 spiro atoms. The molecule has 0 heterocycles. The third-order valence-electron chi connectivity index (χ3n) is 2.89. The van der Waals surface area contributed by atoms with Crippen molar-refractivity contribution < 1.29 is 26.4 Å². The molecule has 1 amide bonds. The zero-order valence-electron chi connectivity index (χ0n) is 9.25. The minimum Gasteiger partial charge on any atom is -0.263 e. The molecule has 17 heavy (non-hydrogen) atoms. The molecular weight excluding hydrogens is 259 g/mol. The molecule has 1 rings (SSSR count). The molecule has 0 aromatic carbocycles. The predicted octanol–water partition coefficient (Wildman–Crippen LogP) is 1.57. The average Bonchev–Trinajstić information content (AvgIpc) is 2.16. The molecule has 1 aliphatic carbocycles. The molecular formula is C9H14F3NO3S. The summed E-state index contributed by atoms with van der Waals surface area (Å²) in [5.74, 6) is -2.05. The molecule has 1 saturated carbocycles. The second kappa shape index (κ2) is 4.83. The highest BCUT2D eigenvalue weighted by Gasteiger charge is 2.42. The number of nitrogens with one attached hydrogen (secondary N) is 1. The molecule has 0 unspecified atom stereocenters. The number of halogens is 3. The molecule has 1 fully saturated rings. The van der Waals surface area contributed by atoms with E-state index in [1.165, 1.54) is 0 Å². The fourth-order valence-corrected chi connectivity index (χ4v) is 3.24. The van der Waals surface area contributed by atoms with E-state index in [0.717, 1.165) is 4.72 Å². The summed E-state index contributed by atoms with van der Waals surface area (Å²) in [5, 5.41) is -0.898. The largest absolute Gasteiger partial charge is 0.472 e. The van der Waals surface area contributed by atoms with E-state index in [9.17, 15) is 26.4 Å². The Hall–Kier alpha value is -0.790. The van der Waals surface area contributed by atoms with Crippen LogP contribution in [0.4, 0.5) is 13.2 Å². The molecule has 0 aliphatic heterocycles. The molecule has 0 aromatic rings. The van der Waals surface area contributed by atoms with E-state index in [0.29, 0.717) is 31.6 Å². The molecule has 1 aliphatic rings. The van der Waals surface area contributed by atoms with Gasteiger partial charge in [-0.1, -0.05) is 6.92 Å². The Labute approximate surface area is 97.6 Å². The molecule has 0 saturated heterocycles. The number of rotatable bonds is 2. The zero-order chi connectivity index (χ0) is 13.3. The maximum absolute atomic E-state index is 11.9. The first-order valence-corrected chi connectivity index (χ1v) is 6.80. The van der Waals surface area contributed by atoms with E-state index >= 15 is 0 Å². The topological polar surface area (TPSA) is 63.2 Å². The average molecular weight is 273 g/mol. The van der Waals surface area contributed by atoms with Gasteiger partial charge in [0.2, 0.25) is 10.0 Å². The molecule has 1 N–H and O–H groups in total. The van der Waals surface area contributed by atoms with Gasteiger partial charge in [-0.2, -0.15) is 13.2 Å². The molecule has 0 radical (unpaired) electrons. The smallest absolute Gasteiger partial charge is 0.263 e. The normalized spacial score (nSPS) is 26.6. The van der Waals surface area contributed by atoms with E-state index in [4.69, 9.17) is 0 Å². The van der Waals surface area contributed by atoms with Gasteiger partial charge in [0, 0.05) is 0 Å². The predicted molar refractivity (Wildman–Crippen MR) is 54.5 cm³/mol. The first-order chi connectivity index (χ1) is 7.63. The van der Waals surface area contributed by atoms with Crippen molar-refractivity contribution in [2.45, 2.75) is 44.0 Å². The maximum atomic E-state index is 11.9. The van der Waals surface area contributed by atoms with E-state index < -0.39 is 27.4 Å². The van der Waals surface area contributed by atoms with Crippen LogP contribution < -0.4 is 4.72 Å². The van der Waals surface area contributed by atoms with Crippen LogP contribution in [0.3, 0.4) is 0 Å². The van der Waals surface area contributed by atoms with Gasteiger partial charge in [0.25, 0.3) is 0 Å². The quantitative estimate of drug-likeness (QED) is 0.830.